The first-order valence-electron chi connectivity index (χ1n) is 6.76. The summed E-state index contributed by atoms with van der Waals surface area (Å²) in [6, 6.07) is 0.159. The average Bonchev–Trinajstić information content (AvgIpc) is 2.23. The number of carboxylic acid groups (broad SMARTS) is 1. The fourth-order valence-corrected chi connectivity index (χ4v) is 2.84. The zero-order valence-electron chi connectivity index (χ0n) is 11.1. The van der Waals surface area contributed by atoms with Crippen molar-refractivity contribution < 1.29 is 19.4 Å². The van der Waals surface area contributed by atoms with Gasteiger partial charge in [-0.05, 0) is 33.1 Å². The third kappa shape index (κ3) is 3.02. The van der Waals surface area contributed by atoms with E-state index in [1.54, 1.807) is 0 Å². The van der Waals surface area contributed by atoms with E-state index in [2.05, 4.69) is 5.32 Å². The molecule has 1 aliphatic heterocycles. The Morgan fingerprint density at radius 3 is 2.67 bits per heavy atom. The summed E-state index contributed by atoms with van der Waals surface area (Å²) in [5.41, 5.74) is -0.818. The standard InChI is InChI=1S/C13H23NO4/c1-9(2)14-13(12(15)16)5-3-4-10(6-13)18-11-7-17-8-11/h9-11,14H,3-8H2,1-2H3,(H,15,16). The van der Waals surface area contributed by atoms with Crippen molar-refractivity contribution in [3.05, 3.63) is 0 Å². The summed E-state index contributed by atoms with van der Waals surface area (Å²) in [5, 5.41) is 12.7. The number of aliphatic carboxylic acids is 1. The van der Waals surface area contributed by atoms with Crippen LogP contribution in [0.4, 0.5) is 0 Å². The first-order chi connectivity index (χ1) is 8.52. The number of ether oxygens (including phenoxy) is 2. The third-order valence-electron chi connectivity index (χ3n) is 3.67. The van der Waals surface area contributed by atoms with Crippen molar-refractivity contribution in [2.45, 2.75) is 63.3 Å². The van der Waals surface area contributed by atoms with Crippen LogP contribution in [0, 0.1) is 0 Å². The fourth-order valence-electron chi connectivity index (χ4n) is 2.84. The van der Waals surface area contributed by atoms with Crippen LogP contribution in [0.1, 0.15) is 39.5 Å². The van der Waals surface area contributed by atoms with Gasteiger partial charge < -0.3 is 14.6 Å². The van der Waals surface area contributed by atoms with Crippen molar-refractivity contribution in [3.8, 4) is 0 Å². The highest BCUT2D eigenvalue weighted by molar-refractivity contribution is 5.79. The molecule has 5 nitrogen and oxygen atoms in total. The number of nitrogens with one attached hydrogen (secondary N) is 1. The molecule has 1 aliphatic carbocycles. The van der Waals surface area contributed by atoms with E-state index < -0.39 is 11.5 Å². The van der Waals surface area contributed by atoms with E-state index in [1.807, 2.05) is 13.8 Å². The van der Waals surface area contributed by atoms with Crippen LogP contribution in [0.15, 0.2) is 0 Å². The van der Waals surface area contributed by atoms with Crippen LogP contribution in [0.3, 0.4) is 0 Å². The van der Waals surface area contributed by atoms with Crippen molar-refractivity contribution in [2.75, 3.05) is 13.2 Å². The Morgan fingerprint density at radius 1 is 1.44 bits per heavy atom. The Hall–Kier alpha value is -0.650. The fraction of sp³-hybridized carbons (Fsp3) is 0.923. The van der Waals surface area contributed by atoms with Gasteiger partial charge in [-0.15, -0.1) is 0 Å². The molecule has 0 bridgehead atoms. The highest BCUT2D eigenvalue weighted by Gasteiger charge is 2.44. The highest BCUT2D eigenvalue weighted by Crippen LogP contribution is 2.32. The number of rotatable bonds is 5. The molecule has 2 fully saturated rings. The van der Waals surface area contributed by atoms with Gasteiger partial charge in [0.2, 0.25) is 0 Å². The summed E-state index contributed by atoms with van der Waals surface area (Å²) in [6.07, 6.45) is 3.28. The Balaban J connectivity index is 1.98. The molecule has 1 saturated carbocycles. The molecule has 2 N–H and O–H groups in total. The van der Waals surface area contributed by atoms with E-state index in [0.29, 0.717) is 26.1 Å². The molecule has 2 rings (SSSR count). The first kappa shape index (κ1) is 13.8. The molecule has 0 aromatic rings. The molecule has 0 aromatic carbocycles. The lowest BCUT2D eigenvalue weighted by Crippen LogP contribution is -2.58. The topological polar surface area (TPSA) is 67.8 Å². The normalized spacial score (nSPS) is 33.4. The molecule has 18 heavy (non-hydrogen) atoms. The second kappa shape index (κ2) is 5.55. The largest absolute Gasteiger partial charge is 0.480 e. The Bertz CT molecular complexity index is 303. The minimum absolute atomic E-state index is 0.0370. The van der Waals surface area contributed by atoms with Crippen molar-refractivity contribution in [1.29, 1.82) is 0 Å². The average molecular weight is 257 g/mol. The van der Waals surface area contributed by atoms with Gasteiger partial charge in [-0.1, -0.05) is 0 Å². The molecule has 104 valence electrons. The van der Waals surface area contributed by atoms with Crippen molar-refractivity contribution in [2.24, 2.45) is 0 Å². The molecule has 5 heteroatoms. The molecule has 2 unspecified atom stereocenters. The van der Waals surface area contributed by atoms with E-state index in [0.717, 1.165) is 12.8 Å². The van der Waals surface area contributed by atoms with Crippen LogP contribution in [0.2, 0.25) is 0 Å². The Morgan fingerprint density at radius 2 is 2.17 bits per heavy atom. The van der Waals surface area contributed by atoms with Crippen molar-refractivity contribution >= 4 is 5.97 Å². The van der Waals surface area contributed by atoms with Gasteiger partial charge in [-0.3, -0.25) is 10.1 Å². The minimum Gasteiger partial charge on any atom is -0.480 e. The van der Waals surface area contributed by atoms with E-state index in [-0.39, 0.29) is 18.2 Å². The number of hydrogen-bond acceptors (Lipinski definition) is 4. The summed E-state index contributed by atoms with van der Waals surface area (Å²) >= 11 is 0. The second-order valence-corrected chi connectivity index (χ2v) is 5.70. The summed E-state index contributed by atoms with van der Waals surface area (Å²) in [6.45, 7) is 5.26. The zero-order valence-corrected chi connectivity index (χ0v) is 11.1. The summed E-state index contributed by atoms with van der Waals surface area (Å²) < 4.78 is 11.0. The monoisotopic (exact) mass is 257 g/mol. The van der Waals surface area contributed by atoms with E-state index >= 15 is 0 Å². The summed E-state index contributed by atoms with van der Waals surface area (Å²) in [5.74, 6) is -0.755. The maximum atomic E-state index is 11.6. The van der Waals surface area contributed by atoms with E-state index in [4.69, 9.17) is 9.47 Å². The van der Waals surface area contributed by atoms with Crippen LogP contribution in [0.25, 0.3) is 0 Å². The minimum atomic E-state index is -0.818. The predicted molar refractivity (Wildman–Crippen MR) is 66.6 cm³/mol. The van der Waals surface area contributed by atoms with Crippen molar-refractivity contribution in [3.63, 3.8) is 0 Å². The third-order valence-corrected chi connectivity index (χ3v) is 3.67. The van der Waals surface area contributed by atoms with Gasteiger partial charge in [0, 0.05) is 12.5 Å². The van der Waals surface area contributed by atoms with E-state index in [1.165, 1.54) is 0 Å². The molecule has 0 amide bonds. The summed E-state index contributed by atoms with van der Waals surface area (Å²) in [7, 11) is 0. The Labute approximate surface area is 108 Å². The zero-order chi connectivity index (χ0) is 13.2. The molecule has 0 aromatic heterocycles. The lowest BCUT2D eigenvalue weighted by molar-refractivity contribution is -0.172. The predicted octanol–water partition coefficient (Wildman–Crippen LogP) is 1.17. The van der Waals surface area contributed by atoms with Gasteiger partial charge >= 0.3 is 5.97 Å². The van der Waals surface area contributed by atoms with Crippen LogP contribution >= 0.6 is 0 Å². The lowest BCUT2D eigenvalue weighted by Gasteiger charge is -2.41. The molecular weight excluding hydrogens is 234 g/mol. The molecule has 0 radical (unpaired) electrons. The van der Waals surface area contributed by atoms with Crippen LogP contribution in [-0.4, -0.2) is 48.1 Å². The molecule has 1 saturated heterocycles. The first-order valence-corrected chi connectivity index (χ1v) is 6.76. The van der Waals surface area contributed by atoms with Gasteiger partial charge in [0.25, 0.3) is 0 Å². The summed E-state index contributed by atoms with van der Waals surface area (Å²) in [4.78, 5) is 11.6. The molecule has 2 aliphatic rings. The Kier molecular flexibility index (Phi) is 4.25. The number of hydrogen-bond donors (Lipinski definition) is 2. The SMILES string of the molecule is CC(C)NC1(C(=O)O)CCCC(OC2COC2)C1. The highest BCUT2D eigenvalue weighted by atomic mass is 16.6. The maximum Gasteiger partial charge on any atom is 0.324 e. The van der Waals surface area contributed by atoms with Crippen molar-refractivity contribution in [1.82, 2.24) is 5.32 Å². The van der Waals surface area contributed by atoms with Gasteiger partial charge in [0.15, 0.2) is 0 Å². The van der Waals surface area contributed by atoms with Gasteiger partial charge in [0.05, 0.1) is 19.3 Å². The molecule has 1 heterocycles. The van der Waals surface area contributed by atoms with Gasteiger partial charge in [-0.2, -0.15) is 0 Å². The van der Waals surface area contributed by atoms with E-state index in [9.17, 15) is 9.90 Å². The smallest absolute Gasteiger partial charge is 0.324 e. The van der Waals surface area contributed by atoms with Gasteiger partial charge in [0.1, 0.15) is 11.6 Å². The van der Waals surface area contributed by atoms with Gasteiger partial charge in [-0.25, -0.2) is 0 Å². The van der Waals surface area contributed by atoms with Crippen LogP contribution in [0.5, 0.6) is 0 Å². The number of carboxylic acids is 1. The second-order valence-electron chi connectivity index (χ2n) is 5.70. The van der Waals surface area contributed by atoms with Crippen LogP contribution in [-0.2, 0) is 14.3 Å². The lowest BCUT2D eigenvalue weighted by atomic mass is 9.79. The molecule has 0 spiro atoms. The molecular formula is C13H23NO4. The number of carbonyl (C=O) groups is 1. The molecule has 2 atom stereocenters. The maximum absolute atomic E-state index is 11.6. The quantitative estimate of drug-likeness (QED) is 0.773. The van der Waals surface area contributed by atoms with Crippen LogP contribution < -0.4 is 5.32 Å².